The van der Waals surface area contributed by atoms with Crippen molar-refractivity contribution < 1.29 is 23.0 Å². The van der Waals surface area contributed by atoms with Crippen molar-refractivity contribution in [2.45, 2.75) is 24.2 Å². The van der Waals surface area contributed by atoms with Crippen LogP contribution in [0.1, 0.15) is 5.56 Å². The minimum absolute atomic E-state index is 0. The van der Waals surface area contributed by atoms with Gasteiger partial charge in [0.1, 0.15) is 5.75 Å². The summed E-state index contributed by atoms with van der Waals surface area (Å²) in [6, 6.07) is 5.15. The Hall–Kier alpha value is -0.690. The highest BCUT2D eigenvalue weighted by molar-refractivity contribution is 6.20. The Bertz CT molecular complexity index is 394. The fourth-order valence-electron chi connectivity index (χ4n) is 1.30. The zero-order valence-electron chi connectivity index (χ0n) is 9.73. The lowest BCUT2D eigenvalue weighted by Crippen LogP contribution is -2.32. The molecule has 19 heavy (non-hydrogen) atoms. The summed E-state index contributed by atoms with van der Waals surface area (Å²) in [5.74, 6) is -0.217. The minimum atomic E-state index is -4.10. The first kappa shape index (κ1) is 18.3. The predicted molar refractivity (Wildman–Crippen MR) is 68.8 cm³/mol. The third kappa shape index (κ3) is 5.86. The second-order valence-electron chi connectivity index (χ2n) is 3.76. The van der Waals surface area contributed by atoms with Crippen LogP contribution in [0.3, 0.4) is 0 Å². The van der Waals surface area contributed by atoms with Crippen LogP contribution in [0.5, 0.6) is 5.75 Å². The molecule has 0 aliphatic heterocycles. The van der Waals surface area contributed by atoms with Gasteiger partial charge in [0.25, 0.3) is 5.63 Å². The molecule has 0 saturated carbocycles. The van der Waals surface area contributed by atoms with Crippen LogP contribution in [0.2, 0.25) is 0 Å². The average Bonchev–Trinajstić information content (AvgIpc) is 2.28. The van der Waals surface area contributed by atoms with Crippen molar-refractivity contribution in [2.24, 2.45) is 5.73 Å². The lowest BCUT2D eigenvalue weighted by atomic mass is 10.1. The standard InChI is InChI=1S/C11H13ClF3NO2.ClH/c12-10(13)11(14,15)18-9-3-1-2-7(5-9)4-8(16)6-17;/h1-3,5,8,10,17H,4,6,16H2;1H. The quantitative estimate of drug-likeness (QED) is 0.792. The first-order valence-corrected chi connectivity index (χ1v) is 5.59. The summed E-state index contributed by atoms with van der Waals surface area (Å²) in [5.41, 5.74) is 3.17. The number of ether oxygens (including phenoxy) is 1. The van der Waals surface area contributed by atoms with Gasteiger partial charge in [-0.1, -0.05) is 23.7 Å². The highest BCUT2D eigenvalue weighted by Gasteiger charge is 2.42. The molecule has 0 fully saturated rings. The maximum Gasteiger partial charge on any atom is 0.444 e. The first-order chi connectivity index (χ1) is 8.35. The number of aliphatic hydroxyl groups is 1. The van der Waals surface area contributed by atoms with Crippen molar-refractivity contribution in [1.29, 1.82) is 0 Å². The molecule has 0 amide bonds. The van der Waals surface area contributed by atoms with E-state index in [0.717, 1.165) is 0 Å². The van der Waals surface area contributed by atoms with Crippen LogP contribution in [0, 0.1) is 0 Å². The van der Waals surface area contributed by atoms with Crippen molar-refractivity contribution >= 4 is 24.0 Å². The van der Waals surface area contributed by atoms with E-state index in [4.69, 9.17) is 10.8 Å². The lowest BCUT2D eigenvalue weighted by molar-refractivity contribution is -0.199. The summed E-state index contributed by atoms with van der Waals surface area (Å²) < 4.78 is 42.3. The van der Waals surface area contributed by atoms with E-state index in [0.29, 0.717) is 12.0 Å². The van der Waals surface area contributed by atoms with E-state index in [-0.39, 0.29) is 24.8 Å². The Balaban J connectivity index is 0.00000324. The van der Waals surface area contributed by atoms with E-state index in [1.54, 1.807) is 6.07 Å². The van der Waals surface area contributed by atoms with Crippen LogP contribution in [-0.4, -0.2) is 29.5 Å². The number of aliphatic hydroxyl groups excluding tert-OH is 1. The Kier molecular flexibility index (Phi) is 7.51. The maximum absolute atomic E-state index is 12.9. The largest absolute Gasteiger partial charge is 0.444 e. The number of hydrogen-bond acceptors (Lipinski definition) is 3. The summed E-state index contributed by atoms with van der Waals surface area (Å²) in [6.45, 7) is -0.227. The third-order valence-electron chi connectivity index (χ3n) is 2.14. The molecule has 8 heteroatoms. The van der Waals surface area contributed by atoms with Crippen LogP contribution in [0.25, 0.3) is 0 Å². The maximum atomic E-state index is 12.9. The van der Waals surface area contributed by atoms with Crippen LogP contribution >= 0.6 is 24.0 Å². The van der Waals surface area contributed by atoms with Crippen LogP contribution in [0.4, 0.5) is 13.2 Å². The first-order valence-electron chi connectivity index (χ1n) is 5.15. The smallest absolute Gasteiger partial charge is 0.429 e. The SMILES string of the molecule is Cl.NC(CO)Cc1cccc(OC(F)(F)C(F)Cl)c1. The van der Waals surface area contributed by atoms with Crippen molar-refractivity contribution in [3.8, 4) is 5.75 Å². The number of nitrogens with two attached hydrogens (primary N) is 1. The molecular weight excluding hydrogens is 306 g/mol. The van der Waals surface area contributed by atoms with Crippen molar-refractivity contribution in [3.63, 3.8) is 0 Å². The molecule has 0 aliphatic rings. The van der Waals surface area contributed by atoms with Gasteiger partial charge in [-0.05, 0) is 24.1 Å². The van der Waals surface area contributed by atoms with Gasteiger partial charge in [-0.25, -0.2) is 4.39 Å². The van der Waals surface area contributed by atoms with Gasteiger partial charge >= 0.3 is 6.11 Å². The summed E-state index contributed by atoms with van der Waals surface area (Å²) >= 11 is 4.67. The molecule has 3 nitrogen and oxygen atoms in total. The van der Waals surface area contributed by atoms with Gasteiger partial charge in [0, 0.05) is 6.04 Å². The molecule has 2 unspecified atom stereocenters. The van der Waals surface area contributed by atoms with E-state index < -0.39 is 17.8 Å². The summed E-state index contributed by atoms with van der Waals surface area (Å²) in [6.07, 6.45) is -3.81. The molecule has 0 aromatic heterocycles. The molecule has 0 radical (unpaired) electrons. The summed E-state index contributed by atoms with van der Waals surface area (Å²) in [7, 11) is 0. The molecule has 0 aliphatic carbocycles. The monoisotopic (exact) mass is 319 g/mol. The van der Waals surface area contributed by atoms with E-state index in [9.17, 15) is 13.2 Å². The zero-order chi connectivity index (χ0) is 13.8. The molecule has 110 valence electrons. The Morgan fingerprint density at radius 3 is 2.58 bits per heavy atom. The number of hydrogen-bond donors (Lipinski definition) is 2. The summed E-state index contributed by atoms with van der Waals surface area (Å²) in [5, 5.41) is 8.78. The minimum Gasteiger partial charge on any atom is -0.429 e. The highest BCUT2D eigenvalue weighted by Crippen LogP contribution is 2.29. The van der Waals surface area contributed by atoms with Gasteiger partial charge in [0.05, 0.1) is 6.61 Å². The Morgan fingerprint density at radius 2 is 2.05 bits per heavy atom. The van der Waals surface area contributed by atoms with Gasteiger partial charge in [-0.15, -0.1) is 12.4 Å². The highest BCUT2D eigenvalue weighted by atomic mass is 35.5. The predicted octanol–water partition coefficient (Wildman–Crippen LogP) is 2.48. The molecule has 1 aromatic rings. The molecule has 0 bridgehead atoms. The van der Waals surface area contributed by atoms with Gasteiger partial charge in [0.15, 0.2) is 0 Å². The second kappa shape index (κ2) is 7.79. The van der Waals surface area contributed by atoms with Crippen molar-refractivity contribution in [2.75, 3.05) is 6.61 Å². The molecule has 2 atom stereocenters. The molecule has 3 N–H and O–H groups in total. The second-order valence-corrected chi connectivity index (χ2v) is 4.14. The van der Waals surface area contributed by atoms with Gasteiger partial charge in [-0.3, -0.25) is 0 Å². The fraction of sp³-hybridized carbons (Fsp3) is 0.455. The van der Waals surface area contributed by atoms with E-state index in [1.807, 2.05) is 0 Å². The molecule has 1 aromatic carbocycles. The number of alkyl halides is 4. The van der Waals surface area contributed by atoms with Crippen LogP contribution in [-0.2, 0) is 6.42 Å². The van der Waals surface area contributed by atoms with Gasteiger partial charge < -0.3 is 15.6 Å². The molecule has 1 rings (SSSR count). The van der Waals surface area contributed by atoms with Crippen molar-refractivity contribution in [1.82, 2.24) is 0 Å². The molecular formula is C11H14Cl2F3NO2. The Morgan fingerprint density at radius 1 is 1.42 bits per heavy atom. The fourth-order valence-corrected chi connectivity index (χ4v) is 1.35. The van der Waals surface area contributed by atoms with Gasteiger partial charge in [-0.2, -0.15) is 8.78 Å². The molecule has 0 saturated heterocycles. The number of halogens is 5. The van der Waals surface area contributed by atoms with E-state index in [1.165, 1.54) is 18.2 Å². The Labute approximate surface area is 119 Å². The van der Waals surface area contributed by atoms with E-state index >= 15 is 0 Å². The summed E-state index contributed by atoms with van der Waals surface area (Å²) in [4.78, 5) is 0. The van der Waals surface area contributed by atoms with E-state index in [2.05, 4.69) is 16.3 Å². The van der Waals surface area contributed by atoms with Crippen molar-refractivity contribution in [3.05, 3.63) is 29.8 Å². The number of benzene rings is 1. The normalized spacial score (nSPS) is 14.4. The van der Waals surface area contributed by atoms with Crippen LogP contribution < -0.4 is 10.5 Å². The topological polar surface area (TPSA) is 55.5 Å². The average molecular weight is 320 g/mol. The van der Waals surface area contributed by atoms with Gasteiger partial charge in [0.2, 0.25) is 0 Å². The molecule has 0 spiro atoms. The van der Waals surface area contributed by atoms with Crippen LogP contribution in [0.15, 0.2) is 24.3 Å². The third-order valence-corrected chi connectivity index (χ3v) is 2.39. The number of rotatable bonds is 6. The molecule has 0 heterocycles. The lowest BCUT2D eigenvalue weighted by Gasteiger charge is -2.18. The zero-order valence-corrected chi connectivity index (χ0v) is 11.3.